The van der Waals surface area contributed by atoms with Gasteiger partial charge in [-0.25, -0.2) is 0 Å². The molecule has 2 aliphatic heterocycles. The molecule has 2 heterocycles. The first kappa shape index (κ1) is 14.1. The van der Waals surface area contributed by atoms with Gasteiger partial charge in [-0.1, -0.05) is 31.2 Å². The van der Waals surface area contributed by atoms with E-state index in [1.54, 1.807) is 4.90 Å². The smallest absolute Gasteiger partial charge is 0.245 e. The van der Waals surface area contributed by atoms with Gasteiger partial charge in [0, 0.05) is 19.6 Å². The summed E-state index contributed by atoms with van der Waals surface area (Å²) in [6, 6.07) is 7.39. The lowest BCUT2D eigenvalue weighted by molar-refractivity contribution is -0.145. The molecule has 0 saturated carbocycles. The van der Waals surface area contributed by atoms with Crippen molar-refractivity contribution in [1.82, 2.24) is 15.5 Å². The van der Waals surface area contributed by atoms with E-state index in [0.29, 0.717) is 19.5 Å². The van der Waals surface area contributed by atoms with Gasteiger partial charge in [-0.15, -0.1) is 0 Å². The van der Waals surface area contributed by atoms with Gasteiger partial charge in [0.05, 0.1) is 0 Å². The van der Waals surface area contributed by atoms with Crippen molar-refractivity contribution >= 4 is 11.8 Å². The summed E-state index contributed by atoms with van der Waals surface area (Å²) in [6.45, 7) is 3.86. The number of nitrogens with zero attached hydrogens (tertiary/aromatic N) is 1. The monoisotopic (exact) mass is 287 g/mol. The summed E-state index contributed by atoms with van der Waals surface area (Å²) in [6.07, 6.45) is 1.59. The highest BCUT2D eigenvalue weighted by atomic mass is 16.2. The molecule has 2 N–H and O–H groups in total. The minimum Gasteiger partial charge on any atom is -0.353 e. The van der Waals surface area contributed by atoms with Gasteiger partial charge in [0.2, 0.25) is 11.8 Å². The molecule has 2 unspecified atom stereocenters. The van der Waals surface area contributed by atoms with Crippen molar-refractivity contribution < 1.29 is 9.59 Å². The highest BCUT2D eigenvalue weighted by Crippen LogP contribution is 2.25. The standard InChI is InChI=1S/C16H21N3O2/c1-2-13-15(20)18-9-10-19(13)16(21)14-12-6-4-3-5-11(12)7-8-17-14/h3-6,13-14,17H,2,7-10H2,1H3,(H,18,20). The highest BCUT2D eigenvalue weighted by Gasteiger charge is 2.36. The maximum absolute atomic E-state index is 12.9. The van der Waals surface area contributed by atoms with Crippen LogP contribution in [0.3, 0.4) is 0 Å². The summed E-state index contributed by atoms with van der Waals surface area (Å²) in [4.78, 5) is 26.6. The Bertz CT molecular complexity index is 558. The molecule has 2 atom stereocenters. The Labute approximate surface area is 124 Å². The number of nitrogens with one attached hydrogen (secondary N) is 2. The summed E-state index contributed by atoms with van der Waals surface area (Å²) in [5, 5.41) is 6.15. The van der Waals surface area contributed by atoms with Gasteiger partial charge < -0.3 is 15.5 Å². The Morgan fingerprint density at radius 3 is 2.95 bits per heavy atom. The lowest BCUT2D eigenvalue weighted by Gasteiger charge is -2.38. The second-order valence-electron chi connectivity index (χ2n) is 5.58. The van der Waals surface area contributed by atoms with Crippen molar-refractivity contribution in [2.75, 3.05) is 19.6 Å². The summed E-state index contributed by atoms with van der Waals surface area (Å²) >= 11 is 0. The molecule has 0 bridgehead atoms. The first-order chi connectivity index (χ1) is 10.2. The zero-order valence-corrected chi connectivity index (χ0v) is 12.3. The van der Waals surface area contributed by atoms with Crippen molar-refractivity contribution in [3.8, 4) is 0 Å². The largest absolute Gasteiger partial charge is 0.353 e. The second kappa shape index (κ2) is 5.85. The minimum atomic E-state index is -0.345. The van der Waals surface area contributed by atoms with Crippen LogP contribution in [0, 0.1) is 0 Å². The molecule has 1 fully saturated rings. The van der Waals surface area contributed by atoms with E-state index in [4.69, 9.17) is 0 Å². The van der Waals surface area contributed by atoms with E-state index in [2.05, 4.69) is 16.7 Å². The Morgan fingerprint density at radius 2 is 2.14 bits per heavy atom. The average Bonchev–Trinajstić information content (AvgIpc) is 2.53. The molecule has 112 valence electrons. The molecule has 0 aromatic heterocycles. The van der Waals surface area contributed by atoms with E-state index >= 15 is 0 Å². The Balaban J connectivity index is 1.87. The number of rotatable bonds is 2. The van der Waals surface area contributed by atoms with E-state index in [0.717, 1.165) is 18.5 Å². The van der Waals surface area contributed by atoms with Gasteiger partial charge in [0.15, 0.2) is 0 Å². The van der Waals surface area contributed by atoms with Crippen LogP contribution in [-0.2, 0) is 16.0 Å². The van der Waals surface area contributed by atoms with Crippen LogP contribution in [0.5, 0.6) is 0 Å². The Hall–Kier alpha value is -1.88. The molecule has 1 aromatic carbocycles. The van der Waals surface area contributed by atoms with Crippen LogP contribution in [0.2, 0.25) is 0 Å². The molecule has 2 amide bonds. The minimum absolute atomic E-state index is 0.0175. The zero-order chi connectivity index (χ0) is 14.8. The maximum Gasteiger partial charge on any atom is 0.245 e. The van der Waals surface area contributed by atoms with Crippen LogP contribution in [-0.4, -0.2) is 42.4 Å². The molecule has 1 saturated heterocycles. The highest BCUT2D eigenvalue weighted by molar-refractivity contribution is 5.91. The molecule has 2 aliphatic rings. The Morgan fingerprint density at radius 1 is 1.33 bits per heavy atom. The quantitative estimate of drug-likeness (QED) is 0.838. The van der Waals surface area contributed by atoms with Crippen molar-refractivity contribution in [3.05, 3.63) is 35.4 Å². The number of hydrogen-bond acceptors (Lipinski definition) is 3. The summed E-state index contributed by atoms with van der Waals surface area (Å²) in [7, 11) is 0. The third-order valence-corrected chi connectivity index (χ3v) is 4.36. The van der Waals surface area contributed by atoms with Crippen molar-refractivity contribution in [2.24, 2.45) is 0 Å². The molecular formula is C16H21N3O2. The van der Waals surface area contributed by atoms with Crippen LogP contribution in [0.25, 0.3) is 0 Å². The van der Waals surface area contributed by atoms with Crippen molar-refractivity contribution in [3.63, 3.8) is 0 Å². The van der Waals surface area contributed by atoms with E-state index < -0.39 is 0 Å². The van der Waals surface area contributed by atoms with Crippen LogP contribution in [0.1, 0.15) is 30.5 Å². The SMILES string of the molecule is CCC1C(=O)NCCN1C(=O)C1NCCc2ccccc21. The van der Waals surface area contributed by atoms with Crippen molar-refractivity contribution in [1.29, 1.82) is 0 Å². The van der Waals surface area contributed by atoms with Crippen molar-refractivity contribution in [2.45, 2.75) is 31.8 Å². The fourth-order valence-corrected chi connectivity index (χ4v) is 3.28. The number of carbonyl (C=O) groups is 2. The van der Waals surface area contributed by atoms with Crippen LogP contribution >= 0.6 is 0 Å². The molecule has 21 heavy (non-hydrogen) atoms. The van der Waals surface area contributed by atoms with Crippen LogP contribution in [0.4, 0.5) is 0 Å². The molecule has 1 aromatic rings. The number of carbonyl (C=O) groups excluding carboxylic acids is 2. The van der Waals surface area contributed by atoms with Gasteiger partial charge >= 0.3 is 0 Å². The lowest BCUT2D eigenvalue weighted by atomic mass is 9.93. The van der Waals surface area contributed by atoms with Crippen LogP contribution < -0.4 is 10.6 Å². The maximum atomic E-state index is 12.9. The molecule has 5 heteroatoms. The van der Waals surface area contributed by atoms with Gasteiger partial charge in [0.25, 0.3) is 0 Å². The van der Waals surface area contributed by atoms with Gasteiger partial charge in [-0.3, -0.25) is 9.59 Å². The fraction of sp³-hybridized carbons (Fsp3) is 0.500. The van der Waals surface area contributed by atoms with Gasteiger partial charge in [-0.05, 0) is 24.0 Å². The molecule has 3 rings (SSSR count). The predicted molar refractivity (Wildman–Crippen MR) is 79.7 cm³/mol. The third kappa shape index (κ3) is 2.53. The topological polar surface area (TPSA) is 61.4 Å². The van der Waals surface area contributed by atoms with Gasteiger partial charge in [0.1, 0.15) is 12.1 Å². The number of piperazine rings is 1. The second-order valence-corrected chi connectivity index (χ2v) is 5.58. The number of fused-ring (bicyclic) bond motifs is 1. The average molecular weight is 287 g/mol. The molecule has 0 radical (unpaired) electrons. The number of amides is 2. The Kier molecular flexibility index (Phi) is 3.92. The summed E-state index contributed by atoms with van der Waals surface area (Å²) in [5.41, 5.74) is 2.28. The summed E-state index contributed by atoms with van der Waals surface area (Å²) < 4.78 is 0. The van der Waals surface area contributed by atoms with E-state index in [9.17, 15) is 9.59 Å². The fourth-order valence-electron chi connectivity index (χ4n) is 3.28. The summed E-state index contributed by atoms with van der Waals surface area (Å²) in [5.74, 6) is -0.0231. The van der Waals surface area contributed by atoms with Gasteiger partial charge in [-0.2, -0.15) is 0 Å². The van der Waals surface area contributed by atoms with Crippen LogP contribution in [0.15, 0.2) is 24.3 Å². The lowest BCUT2D eigenvalue weighted by Crippen LogP contribution is -2.59. The third-order valence-electron chi connectivity index (χ3n) is 4.36. The first-order valence-electron chi connectivity index (χ1n) is 7.61. The molecular weight excluding hydrogens is 266 g/mol. The molecule has 0 aliphatic carbocycles. The molecule has 0 spiro atoms. The number of hydrogen-bond donors (Lipinski definition) is 2. The predicted octanol–water partition coefficient (Wildman–Crippen LogP) is 0.610. The zero-order valence-electron chi connectivity index (χ0n) is 12.3. The first-order valence-corrected chi connectivity index (χ1v) is 7.61. The van der Waals surface area contributed by atoms with E-state index in [1.807, 2.05) is 25.1 Å². The van der Waals surface area contributed by atoms with E-state index in [-0.39, 0.29) is 23.9 Å². The number of benzene rings is 1. The molecule has 5 nitrogen and oxygen atoms in total. The van der Waals surface area contributed by atoms with E-state index in [1.165, 1.54) is 5.56 Å². The normalized spacial score (nSPS) is 25.2.